The van der Waals surface area contributed by atoms with E-state index in [1.165, 1.54) is 12.1 Å². The Balaban J connectivity index is 1.77. The quantitative estimate of drug-likeness (QED) is 0.560. The molecule has 0 aliphatic heterocycles. The highest BCUT2D eigenvalue weighted by Gasteiger charge is 2.07. The molecule has 0 amide bonds. The first kappa shape index (κ1) is 14.7. The lowest BCUT2D eigenvalue weighted by Crippen LogP contribution is -2.11. The van der Waals surface area contributed by atoms with Crippen molar-refractivity contribution in [3.63, 3.8) is 0 Å². The summed E-state index contributed by atoms with van der Waals surface area (Å²) in [4.78, 5) is 5.40. The maximum Gasteiger partial charge on any atom is 0.238 e. The van der Waals surface area contributed by atoms with E-state index in [0.717, 1.165) is 16.3 Å². The van der Waals surface area contributed by atoms with Crippen molar-refractivity contribution in [1.82, 2.24) is 9.38 Å². The summed E-state index contributed by atoms with van der Waals surface area (Å²) in [5, 5.41) is 11.2. The van der Waals surface area contributed by atoms with Gasteiger partial charge in [0.2, 0.25) is 10.0 Å². The van der Waals surface area contributed by atoms with E-state index < -0.39 is 10.0 Å². The van der Waals surface area contributed by atoms with Crippen molar-refractivity contribution in [1.29, 1.82) is 0 Å². The maximum atomic E-state index is 11.2. The fourth-order valence-electron chi connectivity index (χ4n) is 1.95. The minimum absolute atomic E-state index is 0.0636. The number of thiazole rings is 1. The Bertz CT molecular complexity index is 939. The first-order valence-electron chi connectivity index (χ1n) is 6.29. The third-order valence-corrected chi connectivity index (χ3v) is 4.73. The Morgan fingerprint density at radius 2 is 2.09 bits per heavy atom. The maximum absolute atomic E-state index is 11.2. The molecular weight excluding hydrogens is 322 g/mol. The van der Waals surface area contributed by atoms with Crippen molar-refractivity contribution < 1.29 is 8.42 Å². The van der Waals surface area contributed by atoms with Crippen LogP contribution in [0.1, 0.15) is 11.4 Å². The smallest absolute Gasteiger partial charge is 0.238 e. The standard InChI is InChI=1S/C13H13N5O2S2/c1-9-12(18-6-7-21-13(18)16-9)8-15-17-10-2-4-11(5-3-10)22(14,19)20/h2-8,17H,1H3,(H2,14,19,20). The van der Waals surface area contributed by atoms with Gasteiger partial charge in [-0.2, -0.15) is 5.10 Å². The highest BCUT2D eigenvalue weighted by molar-refractivity contribution is 7.89. The second kappa shape index (κ2) is 5.52. The Kier molecular flexibility index (Phi) is 3.69. The van der Waals surface area contributed by atoms with Gasteiger partial charge in [-0.05, 0) is 31.2 Å². The van der Waals surface area contributed by atoms with Gasteiger partial charge in [-0.25, -0.2) is 18.5 Å². The number of hydrogen-bond donors (Lipinski definition) is 2. The van der Waals surface area contributed by atoms with E-state index in [1.54, 1.807) is 29.7 Å². The van der Waals surface area contributed by atoms with Gasteiger partial charge in [-0.3, -0.25) is 9.83 Å². The Hall–Kier alpha value is -2.23. The van der Waals surface area contributed by atoms with Crippen LogP contribution < -0.4 is 10.6 Å². The van der Waals surface area contributed by atoms with Crippen LogP contribution in [0.4, 0.5) is 5.69 Å². The van der Waals surface area contributed by atoms with Crippen LogP contribution in [-0.2, 0) is 10.0 Å². The molecule has 22 heavy (non-hydrogen) atoms. The summed E-state index contributed by atoms with van der Waals surface area (Å²) >= 11 is 1.56. The van der Waals surface area contributed by atoms with Gasteiger partial charge in [0, 0.05) is 11.6 Å². The summed E-state index contributed by atoms with van der Waals surface area (Å²) < 4.78 is 24.3. The normalized spacial score (nSPS) is 12.3. The van der Waals surface area contributed by atoms with Gasteiger partial charge < -0.3 is 0 Å². The number of sulfonamides is 1. The lowest BCUT2D eigenvalue weighted by Gasteiger charge is -2.02. The highest BCUT2D eigenvalue weighted by atomic mass is 32.2. The number of nitrogens with one attached hydrogen (secondary N) is 1. The van der Waals surface area contributed by atoms with Gasteiger partial charge in [-0.15, -0.1) is 11.3 Å². The van der Waals surface area contributed by atoms with E-state index in [-0.39, 0.29) is 4.90 Å². The van der Waals surface area contributed by atoms with Crippen LogP contribution in [0, 0.1) is 6.92 Å². The molecule has 7 nitrogen and oxygen atoms in total. The third-order valence-electron chi connectivity index (χ3n) is 3.05. The lowest BCUT2D eigenvalue weighted by molar-refractivity contribution is 0.598. The molecule has 0 atom stereocenters. The van der Waals surface area contributed by atoms with E-state index >= 15 is 0 Å². The fraction of sp³-hybridized carbons (Fsp3) is 0.0769. The van der Waals surface area contributed by atoms with Gasteiger partial charge in [-0.1, -0.05) is 0 Å². The summed E-state index contributed by atoms with van der Waals surface area (Å²) in [7, 11) is -3.68. The molecule has 0 saturated heterocycles. The predicted octanol–water partition coefficient (Wildman–Crippen LogP) is 1.80. The lowest BCUT2D eigenvalue weighted by atomic mass is 10.3. The number of nitrogens with zero attached hydrogens (tertiary/aromatic N) is 3. The minimum atomic E-state index is -3.68. The van der Waals surface area contributed by atoms with Crippen LogP contribution in [-0.4, -0.2) is 24.0 Å². The van der Waals surface area contributed by atoms with Crippen molar-refractivity contribution in [3.05, 3.63) is 47.2 Å². The molecule has 0 bridgehead atoms. The summed E-state index contributed by atoms with van der Waals surface area (Å²) in [6.45, 7) is 1.92. The molecule has 0 aliphatic rings. The van der Waals surface area contributed by atoms with E-state index in [0.29, 0.717) is 5.69 Å². The number of nitrogens with two attached hydrogens (primary N) is 1. The molecule has 2 aromatic heterocycles. The fourth-order valence-corrected chi connectivity index (χ4v) is 3.24. The van der Waals surface area contributed by atoms with E-state index in [9.17, 15) is 8.42 Å². The molecule has 114 valence electrons. The van der Waals surface area contributed by atoms with Crippen molar-refractivity contribution in [2.24, 2.45) is 10.2 Å². The summed E-state index contributed by atoms with van der Waals surface area (Å²) in [5.74, 6) is 0. The van der Waals surface area contributed by atoms with E-state index in [4.69, 9.17) is 5.14 Å². The molecule has 0 spiro atoms. The van der Waals surface area contributed by atoms with Crippen molar-refractivity contribution >= 4 is 38.2 Å². The molecule has 0 aliphatic carbocycles. The number of aryl methyl sites for hydroxylation is 1. The number of fused-ring (bicyclic) bond motifs is 1. The summed E-state index contributed by atoms with van der Waals surface area (Å²) in [5.41, 5.74) is 5.29. The SMILES string of the molecule is Cc1nc2sccn2c1C=NNc1ccc(S(N)(=O)=O)cc1. The number of anilines is 1. The van der Waals surface area contributed by atoms with Crippen molar-refractivity contribution in [3.8, 4) is 0 Å². The zero-order valence-corrected chi connectivity index (χ0v) is 13.2. The summed E-state index contributed by atoms with van der Waals surface area (Å²) in [6, 6.07) is 6.05. The van der Waals surface area contributed by atoms with E-state index in [1.807, 2.05) is 22.9 Å². The van der Waals surface area contributed by atoms with Crippen molar-refractivity contribution in [2.45, 2.75) is 11.8 Å². The molecule has 0 radical (unpaired) electrons. The Labute approximate surface area is 131 Å². The number of imidazole rings is 1. The second-order valence-electron chi connectivity index (χ2n) is 4.58. The van der Waals surface area contributed by atoms with Crippen LogP contribution in [0.15, 0.2) is 45.8 Å². The Morgan fingerprint density at radius 3 is 2.77 bits per heavy atom. The topological polar surface area (TPSA) is 102 Å². The van der Waals surface area contributed by atoms with Gasteiger partial charge in [0.1, 0.15) is 0 Å². The van der Waals surface area contributed by atoms with Gasteiger partial charge in [0.05, 0.1) is 28.2 Å². The average molecular weight is 335 g/mol. The molecule has 3 aromatic rings. The highest BCUT2D eigenvalue weighted by Crippen LogP contribution is 2.16. The third kappa shape index (κ3) is 2.86. The van der Waals surface area contributed by atoms with Crippen LogP contribution in [0.25, 0.3) is 4.96 Å². The van der Waals surface area contributed by atoms with Gasteiger partial charge >= 0.3 is 0 Å². The van der Waals surface area contributed by atoms with Crippen LogP contribution in [0.5, 0.6) is 0 Å². The monoisotopic (exact) mass is 335 g/mol. The second-order valence-corrected chi connectivity index (χ2v) is 7.01. The van der Waals surface area contributed by atoms with Crippen LogP contribution >= 0.6 is 11.3 Å². The van der Waals surface area contributed by atoms with E-state index in [2.05, 4.69) is 15.5 Å². The van der Waals surface area contributed by atoms with Gasteiger partial charge in [0.25, 0.3) is 0 Å². The first-order valence-corrected chi connectivity index (χ1v) is 8.72. The van der Waals surface area contributed by atoms with Crippen LogP contribution in [0.3, 0.4) is 0 Å². The molecule has 0 saturated carbocycles. The Morgan fingerprint density at radius 1 is 1.36 bits per heavy atom. The van der Waals surface area contributed by atoms with Gasteiger partial charge in [0.15, 0.2) is 4.96 Å². The predicted molar refractivity (Wildman–Crippen MR) is 86.8 cm³/mol. The number of benzene rings is 1. The first-order chi connectivity index (χ1) is 10.4. The number of primary sulfonamides is 1. The molecule has 0 fully saturated rings. The summed E-state index contributed by atoms with van der Waals surface area (Å²) in [6.07, 6.45) is 3.61. The molecular formula is C13H13N5O2S2. The molecule has 3 rings (SSSR count). The number of rotatable bonds is 4. The largest absolute Gasteiger partial charge is 0.289 e. The van der Waals surface area contributed by atoms with Crippen LogP contribution in [0.2, 0.25) is 0 Å². The average Bonchev–Trinajstić information content (AvgIpc) is 3.01. The zero-order valence-electron chi connectivity index (χ0n) is 11.6. The number of aromatic nitrogens is 2. The molecule has 3 N–H and O–H groups in total. The zero-order chi connectivity index (χ0) is 15.7. The molecule has 1 aromatic carbocycles. The molecule has 9 heteroatoms. The number of hydrogen-bond acceptors (Lipinski definition) is 6. The number of hydrazone groups is 1. The van der Waals surface area contributed by atoms with Crippen molar-refractivity contribution in [2.75, 3.05) is 5.43 Å². The molecule has 0 unspecified atom stereocenters. The molecule has 2 heterocycles. The minimum Gasteiger partial charge on any atom is -0.289 e.